The highest BCUT2D eigenvalue weighted by Gasteiger charge is 2.55. The van der Waals surface area contributed by atoms with Crippen LogP contribution >= 0.6 is 0 Å². The van der Waals surface area contributed by atoms with Gasteiger partial charge >= 0.3 is 0 Å². The van der Waals surface area contributed by atoms with Crippen molar-refractivity contribution in [2.24, 2.45) is 0 Å². The Kier molecular flexibility index (Phi) is 6.95. The summed E-state index contributed by atoms with van der Waals surface area (Å²) >= 11 is 0. The summed E-state index contributed by atoms with van der Waals surface area (Å²) in [5.41, 5.74) is 1.15. The second kappa shape index (κ2) is 9.31. The lowest BCUT2D eigenvalue weighted by molar-refractivity contribution is -0.167. The second-order valence-electron chi connectivity index (χ2n) is 7.24. The molecule has 2 aromatic carbocycles. The van der Waals surface area contributed by atoms with Gasteiger partial charge in [0.15, 0.2) is 15.4 Å². The van der Waals surface area contributed by atoms with Crippen LogP contribution in [0.2, 0.25) is 0 Å². The van der Waals surface area contributed by atoms with Crippen molar-refractivity contribution < 1.29 is 37.0 Å². The van der Waals surface area contributed by atoms with Gasteiger partial charge in [-0.25, -0.2) is 18.3 Å². The van der Waals surface area contributed by atoms with Gasteiger partial charge in [0, 0.05) is 13.7 Å². The van der Waals surface area contributed by atoms with E-state index in [9.17, 15) is 17.6 Å². The number of methoxy groups -OCH3 is 1. The van der Waals surface area contributed by atoms with Crippen LogP contribution in [-0.4, -0.2) is 50.7 Å². The first-order valence-corrected chi connectivity index (χ1v) is 11.1. The Morgan fingerprint density at radius 3 is 2.65 bits per heavy atom. The summed E-state index contributed by atoms with van der Waals surface area (Å²) in [7, 11) is -2.82. The molecule has 2 N–H and O–H groups in total. The number of hydrogen-bond acceptors (Lipinski definition) is 7. The zero-order valence-electron chi connectivity index (χ0n) is 17.1. The van der Waals surface area contributed by atoms with Gasteiger partial charge in [-0.15, -0.1) is 0 Å². The Bertz CT molecular complexity index is 1040. The minimum absolute atomic E-state index is 0.0146. The molecule has 31 heavy (non-hydrogen) atoms. The van der Waals surface area contributed by atoms with E-state index in [0.717, 1.165) is 5.56 Å². The fourth-order valence-electron chi connectivity index (χ4n) is 3.58. The van der Waals surface area contributed by atoms with Gasteiger partial charge < -0.3 is 14.2 Å². The van der Waals surface area contributed by atoms with Gasteiger partial charge in [-0.1, -0.05) is 6.07 Å². The van der Waals surface area contributed by atoms with Gasteiger partial charge in [-0.05, 0) is 60.9 Å². The highest BCUT2D eigenvalue weighted by atomic mass is 32.2. The van der Waals surface area contributed by atoms with E-state index in [4.69, 9.17) is 19.4 Å². The third-order valence-corrected chi connectivity index (χ3v) is 7.74. The molecule has 1 saturated heterocycles. The predicted molar refractivity (Wildman–Crippen MR) is 108 cm³/mol. The maximum absolute atomic E-state index is 13.4. The highest BCUT2D eigenvalue weighted by molar-refractivity contribution is 7.92. The van der Waals surface area contributed by atoms with Crippen LogP contribution in [0.25, 0.3) is 0 Å². The molecule has 3 rings (SSSR count). The third kappa shape index (κ3) is 4.57. The summed E-state index contributed by atoms with van der Waals surface area (Å²) in [6.45, 7) is 1.78. The molecular weight excluding hydrogens is 429 g/mol. The maximum Gasteiger partial charge on any atom is 0.279 e. The van der Waals surface area contributed by atoms with Crippen molar-refractivity contribution in [3.8, 4) is 5.75 Å². The van der Waals surface area contributed by atoms with Crippen LogP contribution in [0.3, 0.4) is 0 Å². The summed E-state index contributed by atoms with van der Waals surface area (Å²) in [4.78, 5) is 12.2. The fourth-order valence-corrected chi connectivity index (χ4v) is 5.60. The molecule has 0 spiro atoms. The zero-order chi connectivity index (χ0) is 22.6. The number of sulfone groups is 1. The van der Waals surface area contributed by atoms with Crippen LogP contribution < -0.4 is 10.2 Å². The van der Waals surface area contributed by atoms with Gasteiger partial charge in [-0.2, -0.15) is 0 Å². The number of aryl methyl sites for hydroxylation is 1. The topological polar surface area (TPSA) is 111 Å². The molecule has 2 atom stereocenters. The third-order valence-electron chi connectivity index (χ3n) is 5.44. The Morgan fingerprint density at radius 2 is 2.00 bits per heavy atom. The number of rotatable bonds is 7. The number of ether oxygens (including phenoxy) is 3. The van der Waals surface area contributed by atoms with E-state index in [1.165, 1.54) is 49.0 Å². The normalized spacial score (nSPS) is 21.5. The van der Waals surface area contributed by atoms with Crippen LogP contribution in [0.5, 0.6) is 5.75 Å². The number of amides is 1. The van der Waals surface area contributed by atoms with Crippen molar-refractivity contribution in [2.45, 2.75) is 35.7 Å². The molecule has 2 aromatic rings. The predicted octanol–water partition coefficient (Wildman–Crippen LogP) is 2.17. The monoisotopic (exact) mass is 453 g/mol. The molecule has 1 aliphatic rings. The number of carbonyl (C=O) groups is 1. The lowest BCUT2D eigenvalue weighted by Gasteiger charge is -2.39. The minimum Gasteiger partial charge on any atom is -0.489 e. The summed E-state index contributed by atoms with van der Waals surface area (Å²) in [5.74, 6) is -0.954. The second-order valence-corrected chi connectivity index (χ2v) is 9.37. The Hall–Kier alpha value is -2.53. The number of carbonyl (C=O) groups excluding carboxylic acids is 1. The number of hydrogen-bond donors (Lipinski definition) is 2. The number of hydroxylamine groups is 1. The Balaban J connectivity index is 1.81. The van der Waals surface area contributed by atoms with E-state index in [-0.39, 0.29) is 37.0 Å². The van der Waals surface area contributed by atoms with Crippen molar-refractivity contribution in [1.29, 1.82) is 0 Å². The summed E-state index contributed by atoms with van der Waals surface area (Å²) in [6.07, 6.45) is 0.0146. The van der Waals surface area contributed by atoms with Gasteiger partial charge in [0.05, 0.1) is 11.5 Å². The first-order chi connectivity index (χ1) is 14.7. The number of benzene rings is 2. The van der Waals surface area contributed by atoms with Gasteiger partial charge in [0.2, 0.25) is 0 Å². The Labute approximate surface area is 179 Å². The zero-order valence-corrected chi connectivity index (χ0v) is 17.9. The highest BCUT2D eigenvalue weighted by Crippen LogP contribution is 2.34. The molecule has 0 radical (unpaired) electrons. The molecule has 0 bridgehead atoms. The molecule has 1 aliphatic heterocycles. The molecule has 1 heterocycles. The summed E-state index contributed by atoms with van der Waals surface area (Å²) in [6, 6.07) is 10.1. The standard InChI is InChI=1S/C21H24FNO7S/c1-14-3-4-16(22)11-15(14)12-30-17-5-7-18(8-6-17)31(26,27)19-9-10-29-13-21(19,28-2)20(24)23-25/h3-8,11,19,25H,9-10,12-13H2,1-2H3,(H,23,24). The van der Waals surface area contributed by atoms with E-state index < -0.39 is 26.6 Å². The van der Waals surface area contributed by atoms with Crippen LogP contribution in [0, 0.1) is 12.7 Å². The van der Waals surface area contributed by atoms with Crippen molar-refractivity contribution in [3.63, 3.8) is 0 Å². The molecule has 2 unspecified atom stereocenters. The van der Waals surface area contributed by atoms with Crippen molar-refractivity contribution >= 4 is 15.7 Å². The van der Waals surface area contributed by atoms with Gasteiger partial charge in [0.25, 0.3) is 5.91 Å². The van der Waals surface area contributed by atoms with Crippen molar-refractivity contribution in [1.82, 2.24) is 5.48 Å². The lowest BCUT2D eigenvalue weighted by atomic mass is 9.95. The minimum atomic E-state index is -4.02. The van der Waals surface area contributed by atoms with Gasteiger partial charge in [0.1, 0.15) is 23.4 Å². The van der Waals surface area contributed by atoms with E-state index >= 15 is 0 Å². The molecule has 8 nitrogen and oxygen atoms in total. The lowest BCUT2D eigenvalue weighted by Crippen LogP contribution is -2.63. The molecule has 0 aliphatic carbocycles. The summed E-state index contributed by atoms with van der Waals surface area (Å²) < 4.78 is 56.1. The quantitative estimate of drug-likeness (QED) is 0.488. The molecular formula is C21H24FNO7S. The average molecular weight is 453 g/mol. The summed E-state index contributed by atoms with van der Waals surface area (Å²) in [5, 5.41) is 7.84. The average Bonchev–Trinajstić information content (AvgIpc) is 2.79. The maximum atomic E-state index is 13.4. The molecule has 0 aromatic heterocycles. The van der Waals surface area contributed by atoms with Crippen LogP contribution in [0.4, 0.5) is 4.39 Å². The number of nitrogens with one attached hydrogen (secondary N) is 1. The smallest absolute Gasteiger partial charge is 0.279 e. The Morgan fingerprint density at radius 1 is 1.29 bits per heavy atom. The van der Waals surface area contributed by atoms with Gasteiger partial charge in [-0.3, -0.25) is 10.0 Å². The SMILES string of the molecule is COC1(C(=O)NO)COCCC1S(=O)(=O)c1ccc(OCc2cc(F)ccc2C)cc1. The molecule has 1 fully saturated rings. The van der Waals surface area contributed by atoms with E-state index in [1.807, 2.05) is 6.92 Å². The largest absolute Gasteiger partial charge is 0.489 e. The first kappa shape index (κ1) is 23.1. The van der Waals surface area contributed by atoms with Crippen molar-refractivity contribution in [2.75, 3.05) is 20.3 Å². The fraction of sp³-hybridized carbons (Fsp3) is 0.381. The molecule has 1 amide bonds. The first-order valence-electron chi connectivity index (χ1n) is 9.54. The van der Waals surface area contributed by atoms with E-state index in [2.05, 4.69) is 0 Å². The van der Waals surface area contributed by atoms with E-state index in [0.29, 0.717) is 11.3 Å². The van der Waals surface area contributed by atoms with Crippen molar-refractivity contribution in [3.05, 3.63) is 59.4 Å². The van der Waals surface area contributed by atoms with E-state index in [1.54, 1.807) is 6.07 Å². The van der Waals surface area contributed by atoms with Crippen LogP contribution in [0.1, 0.15) is 17.5 Å². The molecule has 10 heteroatoms. The molecule has 0 saturated carbocycles. The van der Waals surface area contributed by atoms with Crippen LogP contribution in [-0.2, 0) is 30.7 Å². The molecule has 168 valence electrons. The van der Waals surface area contributed by atoms with Crippen LogP contribution in [0.15, 0.2) is 47.4 Å². The number of halogens is 1.